The van der Waals surface area contributed by atoms with Gasteiger partial charge in [0.15, 0.2) is 0 Å². The lowest BCUT2D eigenvalue weighted by atomic mass is 10.2. The SMILES string of the molecule is NC1=NC(COCc2ccccc2Cl)CO1. The van der Waals surface area contributed by atoms with Crippen molar-refractivity contribution < 1.29 is 9.47 Å². The lowest BCUT2D eigenvalue weighted by Crippen LogP contribution is -2.14. The Morgan fingerprint density at radius 3 is 3.00 bits per heavy atom. The monoisotopic (exact) mass is 240 g/mol. The Labute approximate surface area is 99.0 Å². The van der Waals surface area contributed by atoms with Gasteiger partial charge in [0.25, 0.3) is 6.02 Å². The summed E-state index contributed by atoms with van der Waals surface area (Å²) in [6.45, 7) is 1.46. The molecule has 0 radical (unpaired) electrons. The molecule has 0 fully saturated rings. The summed E-state index contributed by atoms with van der Waals surface area (Å²) in [6.07, 6.45) is 0. The zero-order chi connectivity index (χ0) is 11.4. The predicted molar refractivity (Wildman–Crippen MR) is 62.5 cm³/mol. The van der Waals surface area contributed by atoms with E-state index in [2.05, 4.69) is 4.99 Å². The topological polar surface area (TPSA) is 56.8 Å². The maximum absolute atomic E-state index is 5.99. The lowest BCUT2D eigenvalue weighted by Gasteiger charge is -2.07. The number of nitrogens with zero attached hydrogens (tertiary/aromatic N) is 1. The van der Waals surface area contributed by atoms with Crippen molar-refractivity contribution in [1.82, 2.24) is 0 Å². The first-order valence-electron chi connectivity index (χ1n) is 5.03. The predicted octanol–water partition coefficient (Wildman–Crippen LogP) is 1.57. The quantitative estimate of drug-likeness (QED) is 0.869. The Hall–Kier alpha value is -1.26. The third-order valence-corrected chi connectivity index (χ3v) is 2.63. The summed E-state index contributed by atoms with van der Waals surface area (Å²) in [5, 5.41) is 0.716. The summed E-state index contributed by atoms with van der Waals surface area (Å²) >= 11 is 5.99. The molecule has 1 aliphatic rings. The van der Waals surface area contributed by atoms with Crippen LogP contribution in [0.5, 0.6) is 0 Å². The average molecular weight is 241 g/mol. The molecular weight excluding hydrogens is 228 g/mol. The first kappa shape index (κ1) is 11.2. The fraction of sp³-hybridized carbons (Fsp3) is 0.364. The third-order valence-electron chi connectivity index (χ3n) is 2.26. The second-order valence-corrected chi connectivity index (χ2v) is 3.95. The molecule has 1 aliphatic heterocycles. The molecule has 5 heteroatoms. The highest BCUT2D eigenvalue weighted by atomic mass is 35.5. The van der Waals surface area contributed by atoms with E-state index in [1.54, 1.807) is 0 Å². The van der Waals surface area contributed by atoms with Crippen molar-refractivity contribution in [3.63, 3.8) is 0 Å². The Morgan fingerprint density at radius 1 is 1.50 bits per heavy atom. The molecule has 0 amide bonds. The molecule has 1 heterocycles. The van der Waals surface area contributed by atoms with Crippen LogP contribution in [0.1, 0.15) is 5.56 Å². The van der Waals surface area contributed by atoms with Crippen molar-refractivity contribution in [2.75, 3.05) is 13.2 Å². The largest absolute Gasteiger partial charge is 0.463 e. The Kier molecular flexibility index (Phi) is 3.64. The molecule has 1 aromatic rings. The van der Waals surface area contributed by atoms with Crippen molar-refractivity contribution in [1.29, 1.82) is 0 Å². The summed E-state index contributed by atoms with van der Waals surface area (Å²) in [7, 11) is 0. The van der Waals surface area contributed by atoms with E-state index in [0.29, 0.717) is 24.8 Å². The van der Waals surface area contributed by atoms with Crippen LogP contribution in [0.2, 0.25) is 5.02 Å². The third kappa shape index (κ3) is 2.87. The molecule has 0 bridgehead atoms. The van der Waals surface area contributed by atoms with Crippen molar-refractivity contribution >= 4 is 17.6 Å². The first-order valence-corrected chi connectivity index (χ1v) is 5.40. The fourth-order valence-corrected chi connectivity index (χ4v) is 1.63. The van der Waals surface area contributed by atoms with E-state index in [1.165, 1.54) is 0 Å². The van der Waals surface area contributed by atoms with Gasteiger partial charge in [-0.3, -0.25) is 0 Å². The van der Waals surface area contributed by atoms with Crippen LogP contribution in [0, 0.1) is 0 Å². The van der Waals surface area contributed by atoms with Crippen LogP contribution >= 0.6 is 11.6 Å². The Bertz CT molecular complexity index is 395. The summed E-state index contributed by atoms with van der Waals surface area (Å²) in [5.74, 6) is 0. The van der Waals surface area contributed by atoms with Gasteiger partial charge in [0.2, 0.25) is 0 Å². The van der Waals surface area contributed by atoms with Crippen molar-refractivity contribution in [2.45, 2.75) is 12.6 Å². The van der Waals surface area contributed by atoms with E-state index >= 15 is 0 Å². The standard InChI is InChI=1S/C11H13ClN2O2/c12-10-4-2-1-3-8(10)5-15-6-9-7-16-11(13)14-9/h1-4,9H,5-7H2,(H2,13,14). The van der Waals surface area contributed by atoms with E-state index in [0.717, 1.165) is 5.56 Å². The number of ether oxygens (including phenoxy) is 2. The zero-order valence-electron chi connectivity index (χ0n) is 8.73. The zero-order valence-corrected chi connectivity index (χ0v) is 9.48. The van der Waals surface area contributed by atoms with Gasteiger partial charge in [-0.05, 0) is 11.6 Å². The highest BCUT2D eigenvalue weighted by Crippen LogP contribution is 2.16. The van der Waals surface area contributed by atoms with Crippen molar-refractivity contribution in [2.24, 2.45) is 10.7 Å². The molecule has 1 aromatic carbocycles. The van der Waals surface area contributed by atoms with Crippen LogP contribution in [0.3, 0.4) is 0 Å². The molecule has 0 aliphatic carbocycles. The van der Waals surface area contributed by atoms with Crippen molar-refractivity contribution in [3.8, 4) is 0 Å². The molecule has 16 heavy (non-hydrogen) atoms. The van der Waals surface area contributed by atoms with Crippen LogP contribution in [0.15, 0.2) is 29.3 Å². The number of benzene rings is 1. The molecule has 2 rings (SSSR count). The van der Waals surface area contributed by atoms with E-state index in [1.807, 2.05) is 24.3 Å². The number of amidine groups is 1. The second-order valence-electron chi connectivity index (χ2n) is 3.54. The van der Waals surface area contributed by atoms with Crippen LogP contribution in [-0.2, 0) is 16.1 Å². The molecule has 1 atom stereocenters. The fourth-order valence-electron chi connectivity index (χ4n) is 1.44. The molecule has 0 saturated heterocycles. The number of hydrogen-bond donors (Lipinski definition) is 1. The number of halogens is 1. The Morgan fingerprint density at radius 2 is 2.31 bits per heavy atom. The van der Waals surface area contributed by atoms with E-state index in [9.17, 15) is 0 Å². The second kappa shape index (κ2) is 5.18. The van der Waals surface area contributed by atoms with E-state index in [4.69, 9.17) is 26.8 Å². The molecular formula is C11H13ClN2O2. The molecule has 0 spiro atoms. The van der Waals surface area contributed by atoms with Gasteiger partial charge >= 0.3 is 0 Å². The smallest absolute Gasteiger partial charge is 0.282 e. The Balaban J connectivity index is 1.78. The lowest BCUT2D eigenvalue weighted by molar-refractivity contribution is 0.100. The van der Waals surface area contributed by atoms with E-state index in [-0.39, 0.29) is 12.1 Å². The minimum absolute atomic E-state index is 0.00230. The van der Waals surface area contributed by atoms with Crippen LogP contribution in [0.4, 0.5) is 0 Å². The van der Waals surface area contributed by atoms with Crippen LogP contribution < -0.4 is 5.73 Å². The van der Waals surface area contributed by atoms with Gasteiger partial charge in [-0.1, -0.05) is 29.8 Å². The van der Waals surface area contributed by atoms with Gasteiger partial charge in [0.1, 0.15) is 12.6 Å². The highest BCUT2D eigenvalue weighted by Gasteiger charge is 2.16. The molecule has 0 saturated carbocycles. The van der Waals surface area contributed by atoms with Crippen LogP contribution in [-0.4, -0.2) is 25.3 Å². The summed E-state index contributed by atoms with van der Waals surface area (Å²) in [5.41, 5.74) is 6.36. The highest BCUT2D eigenvalue weighted by molar-refractivity contribution is 6.31. The maximum Gasteiger partial charge on any atom is 0.282 e. The van der Waals surface area contributed by atoms with Gasteiger partial charge in [-0.2, -0.15) is 0 Å². The summed E-state index contributed by atoms with van der Waals surface area (Å²) in [4.78, 5) is 4.06. The molecule has 1 unspecified atom stereocenters. The number of rotatable bonds is 4. The van der Waals surface area contributed by atoms with Gasteiger partial charge < -0.3 is 15.2 Å². The minimum atomic E-state index is 0.00230. The number of hydrogen-bond acceptors (Lipinski definition) is 4. The van der Waals surface area contributed by atoms with E-state index < -0.39 is 0 Å². The number of aliphatic imine (C=N–C) groups is 1. The minimum Gasteiger partial charge on any atom is -0.463 e. The molecule has 0 aromatic heterocycles. The van der Waals surface area contributed by atoms with Gasteiger partial charge in [0.05, 0.1) is 13.2 Å². The molecule has 4 nitrogen and oxygen atoms in total. The van der Waals surface area contributed by atoms with Crippen LogP contribution in [0.25, 0.3) is 0 Å². The van der Waals surface area contributed by atoms with Gasteiger partial charge in [-0.15, -0.1) is 0 Å². The average Bonchev–Trinajstić information content (AvgIpc) is 2.67. The van der Waals surface area contributed by atoms with Crippen molar-refractivity contribution in [3.05, 3.63) is 34.9 Å². The normalized spacial score (nSPS) is 19.3. The summed E-state index contributed by atoms with van der Waals surface area (Å²) in [6, 6.07) is 7.84. The number of nitrogens with two attached hydrogens (primary N) is 1. The van der Waals surface area contributed by atoms with Gasteiger partial charge in [-0.25, -0.2) is 4.99 Å². The molecule has 86 valence electrons. The maximum atomic E-state index is 5.99. The summed E-state index contributed by atoms with van der Waals surface area (Å²) < 4.78 is 10.5. The first-order chi connectivity index (χ1) is 7.75. The molecule has 2 N–H and O–H groups in total. The van der Waals surface area contributed by atoms with Gasteiger partial charge in [0, 0.05) is 5.02 Å².